The molecule has 0 aliphatic heterocycles. The number of ether oxygens (including phenoxy) is 1. The van der Waals surface area contributed by atoms with E-state index in [-0.39, 0.29) is 23.0 Å². The monoisotopic (exact) mass is 431 g/mol. The van der Waals surface area contributed by atoms with Crippen LogP contribution in [-0.4, -0.2) is 47.5 Å². The van der Waals surface area contributed by atoms with Gasteiger partial charge in [0.1, 0.15) is 17.9 Å². The lowest BCUT2D eigenvalue weighted by Gasteiger charge is -2.18. The average Bonchev–Trinajstić information content (AvgIpc) is 3.11. The van der Waals surface area contributed by atoms with E-state index in [0.29, 0.717) is 5.56 Å². The van der Waals surface area contributed by atoms with E-state index < -0.39 is 29.3 Å². The van der Waals surface area contributed by atoms with E-state index in [2.05, 4.69) is 20.1 Å². The van der Waals surface area contributed by atoms with Crippen LogP contribution in [0.1, 0.15) is 42.4 Å². The van der Waals surface area contributed by atoms with Crippen LogP contribution in [0.15, 0.2) is 34.8 Å². The van der Waals surface area contributed by atoms with E-state index in [9.17, 15) is 19.5 Å². The Labute approximate surface area is 177 Å². The number of carbonyl (C=O) groups is 3. The first kappa shape index (κ1) is 22.9. The summed E-state index contributed by atoms with van der Waals surface area (Å²) in [6, 6.07) is 6.11. The molecule has 1 aromatic heterocycles. The summed E-state index contributed by atoms with van der Waals surface area (Å²) in [7, 11) is 4.81. The number of aromatic nitrogens is 1. The van der Waals surface area contributed by atoms with Crippen molar-refractivity contribution in [1.29, 1.82) is 0 Å². The third-order valence-electron chi connectivity index (χ3n) is 3.24. The minimum atomic E-state index is -1.36. The van der Waals surface area contributed by atoms with Gasteiger partial charge >= 0.3 is 26.1 Å². The van der Waals surface area contributed by atoms with Crippen molar-refractivity contribution in [3.63, 3.8) is 0 Å². The number of amides is 1. The largest absolute Gasteiger partial charge is 0.540 e. The lowest BCUT2D eigenvalue weighted by molar-refractivity contribution is -0.129. The van der Waals surface area contributed by atoms with Crippen LogP contribution in [0, 0.1) is 0 Å². The first-order valence-electron chi connectivity index (χ1n) is 8.48. The summed E-state index contributed by atoms with van der Waals surface area (Å²) < 4.78 is 9.23. The molecule has 0 spiro atoms. The molecule has 0 unspecified atom stereocenters. The number of benzene rings is 1. The van der Waals surface area contributed by atoms with Crippen molar-refractivity contribution in [3.8, 4) is 0 Å². The summed E-state index contributed by atoms with van der Waals surface area (Å²) in [6.07, 6.45) is -0.713. The van der Waals surface area contributed by atoms with Crippen molar-refractivity contribution in [1.82, 2.24) is 4.98 Å². The number of rotatable bonds is 7. The Morgan fingerprint density at radius 2 is 1.90 bits per heavy atom. The second-order valence-electron chi connectivity index (χ2n) is 6.79. The summed E-state index contributed by atoms with van der Waals surface area (Å²) in [6.45, 7) is 5.08. The van der Waals surface area contributed by atoms with Gasteiger partial charge in [0.25, 0.3) is 0 Å². The normalized spacial score (nSPS) is 11.5. The zero-order valence-electron chi connectivity index (χ0n) is 16.4. The van der Waals surface area contributed by atoms with E-state index in [1.54, 1.807) is 32.9 Å². The van der Waals surface area contributed by atoms with Gasteiger partial charge in [-0.3, -0.25) is 5.32 Å². The molecule has 1 aromatic carbocycles. The van der Waals surface area contributed by atoms with Crippen molar-refractivity contribution in [3.05, 3.63) is 46.5 Å². The number of anilines is 1. The number of thiazole rings is 1. The number of nitrogens with one attached hydrogen (secondary N) is 1. The molecule has 0 atom stereocenters. The Hall–Kier alpha value is -3.41. The Morgan fingerprint density at radius 3 is 2.47 bits per heavy atom. The van der Waals surface area contributed by atoms with Gasteiger partial charge in [0.05, 0.1) is 5.56 Å². The molecule has 1 amide bonds. The summed E-state index contributed by atoms with van der Waals surface area (Å²) in [5, 5.41) is 17.0. The predicted octanol–water partition coefficient (Wildman–Crippen LogP) is 2.74. The molecule has 2 N–H and O–H groups in total. The van der Waals surface area contributed by atoms with E-state index in [1.807, 2.05) is 0 Å². The fourth-order valence-electron chi connectivity index (χ4n) is 2.00. The molecule has 2 rings (SSSR count). The molecule has 0 saturated carbocycles. The van der Waals surface area contributed by atoms with E-state index in [4.69, 9.17) is 17.6 Å². The highest BCUT2D eigenvalue weighted by molar-refractivity contribution is 7.14. The van der Waals surface area contributed by atoms with Gasteiger partial charge in [-0.25, -0.2) is 19.4 Å². The van der Waals surface area contributed by atoms with Crippen LogP contribution in [0.3, 0.4) is 0 Å². The van der Waals surface area contributed by atoms with Gasteiger partial charge in [-0.2, -0.15) is 0 Å². The van der Waals surface area contributed by atoms with Crippen LogP contribution < -0.4 is 5.32 Å². The minimum absolute atomic E-state index is 0.0135. The summed E-state index contributed by atoms with van der Waals surface area (Å²) >= 11 is 1.01. The molecule has 2 radical (unpaired) electrons. The molecule has 30 heavy (non-hydrogen) atoms. The van der Waals surface area contributed by atoms with E-state index >= 15 is 0 Å². The number of aliphatic carboxylic acids is 1. The highest BCUT2D eigenvalue weighted by atomic mass is 32.1. The van der Waals surface area contributed by atoms with Gasteiger partial charge in [0.2, 0.25) is 5.71 Å². The van der Waals surface area contributed by atoms with Crippen molar-refractivity contribution in [2.24, 2.45) is 5.16 Å². The van der Waals surface area contributed by atoms with Gasteiger partial charge in [0.15, 0.2) is 5.13 Å². The maximum atomic E-state index is 11.8. The smallest absolute Gasteiger partial charge is 0.413 e. The second-order valence-corrected chi connectivity index (χ2v) is 7.64. The third kappa shape index (κ3) is 6.89. The Kier molecular flexibility index (Phi) is 7.53. The number of carbonyl (C=O) groups excluding carboxylic acids is 2. The van der Waals surface area contributed by atoms with Crippen molar-refractivity contribution < 1.29 is 33.7 Å². The van der Waals surface area contributed by atoms with Crippen LogP contribution >= 0.6 is 11.3 Å². The van der Waals surface area contributed by atoms with Gasteiger partial charge in [0, 0.05) is 5.38 Å². The Morgan fingerprint density at radius 1 is 1.23 bits per heavy atom. The molecule has 10 nitrogen and oxygen atoms in total. The minimum Gasteiger partial charge on any atom is -0.540 e. The zero-order valence-corrected chi connectivity index (χ0v) is 17.2. The summed E-state index contributed by atoms with van der Waals surface area (Å²) in [5.74, 6) is -2.04. The number of oxime groups is 1. The van der Waals surface area contributed by atoms with Crippen LogP contribution in [0.4, 0.5) is 9.93 Å². The Bertz CT molecular complexity index is 951. The third-order valence-corrected chi connectivity index (χ3v) is 4.00. The molecule has 0 bridgehead atoms. The van der Waals surface area contributed by atoms with Gasteiger partial charge in [-0.05, 0) is 38.5 Å². The summed E-state index contributed by atoms with van der Waals surface area (Å²) in [5.41, 5.74) is -0.230. The van der Waals surface area contributed by atoms with Crippen LogP contribution in [0.5, 0.6) is 0 Å². The standard InChI is InChI=1S/C18H18BN3O7S/c1-18(2,3)28-17(26)21-16-20-12(9-30-16)13(14(23)24)22-27-8-10-4-6-11(7-5-10)15(25)29-19/h4-7,9H,8H2,1-3H3,(H,23,24)(H,20,21,26)/b22-13-. The van der Waals surface area contributed by atoms with Crippen LogP contribution in [0.2, 0.25) is 0 Å². The van der Waals surface area contributed by atoms with E-state index in [1.165, 1.54) is 17.5 Å². The number of carboxylic acid groups (broad SMARTS) is 1. The fourth-order valence-corrected chi connectivity index (χ4v) is 2.68. The number of hydrogen-bond donors (Lipinski definition) is 2. The van der Waals surface area contributed by atoms with E-state index in [0.717, 1.165) is 11.3 Å². The average molecular weight is 431 g/mol. The molecular weight excluding hydrogens is 413 g/mol. The lowest BCUT2D eigenvalue weighted by atomic mass is 10.1. The molecule has 12 heteroatoms. The van der Waals surface area contributed by atoms with Crippen molar-refractivity contribution in [2.75, 3.05) is 5.32 Å². The number of nitrogens with zero attached hydrogens (tertiary/aromatic N) is 2. The van der Waals surface area contributed by atoms with Crippen molar-refractivity contribution >= 4 is 48.3 Å². The molecule has 0 aliphatic carbocycles. The molecule has 0 aliphatic rings. The number of hydrogen-bond acceptors (Lipinski definition) is 9. The SMILES string of the molecule is [B]OC(=O)c1ccc(CO/N=C(\C(=O)O)c2csc(NC(=O)OC(C)(C)C)n2)cc1. The highest BCUT2D eigenvalue weighted by Crippen LogP contribution is 2.18. The zero-order chi connectivity index (χ0) is 22.3. The topological polar surface area (TPSA) is 136 Å². The fraction of sp³-hybridized carbons (Fsp3) is 0.278. The predicted molar refractivity (Wildman–Crippen MR) is 109 cm³/mol. The maximum Gasteiger partial charge on any atom is 0.413 e. The Balaban J connectivity index is 2.03. The van der Waals surface area contributed by atoms with Gasteiger partial charge in [-0.1, -0.05) is 17.3 Å². The molecule has 156 valence electrons. The number of carboxylic acids is 1. The lowest BCUT2D eigenvalue weighted by Crippen LogP contribution is -2.27. The quantitative estimate of drug-likeness (QED) is 0.388. The van der Waals surface area contributed by atoms with Gasteiger partial charge in [-0.15, -0.1) is 11.3 Å². The molecule has 0 saturated heterocycles. The summed E-state index contributed by atoms with van der Waals surface area (Å²) in [4.78, 5) is 43.7. The molecule has 2 aromatic rings. The van der Waals surface area contributed by atoms with Crippen LogP contribution in [-0.2, 0) is 25.6 Å². The first-order chi connectivity index (χ1) is 14.1. The van der Waals surface area contributed by atoms with Crippen LogP contribution in [0.25, 0.3) is 0 Å². The molecule has 1 heterocycles. The van der Waals surface area contributed by atoms with Gasteiger partial charge < -0.3 is 19.3 Å². The second kappa shape index (κ2) is 9.88. The van der Waals surface area contributed by atoms with Crippen molar-refractivity contribution in [2.45, 2.75) is 33.0 Å². The molecular formula is C18H18BN3O7S. The molecule has 0 fully saturated rings. The highest BCUT2D eigenvalue weighted by Gasteiger charge is 2.20. The first-order valence-corrected chi connectivity index (χ1v) is 9.36. The maximum absolute atomic E-state index is 11.8.